The van der Waals surface area contributed by atoms with Gasteiger partial charge in [-0.25, -0.2) is 8.42 Å². The minimum Gasteiger partial charge on any atom is -0.434 e. The van der Waals surface area contributed by atoms with Crippen molar-refractivity contribution in [1.82, 2.24) is 5.32 Å². The fraction of sp³-hybridized carbons (Fsp3) is 0.136. The average molecular weight is 431 g/mol. The van der Waals surface area contributed by atoms with E-state index in [2.05, 4.69) is 10.1 Å². The Morgan fingerprint density at radius 3 is 2.37 bits per heavy atom. The largest absolute Gasteiger partial charge is 0.434 e. The molecule has 0 aromatic heterocycles. The number of carbonyl (C=O) groups excluding carboxylic acids is 1. The van der Waals surface area contributed by atoms with Crippen molar-refractivity contribution in [3.63, 3.8) is 0 Å². The monoisotopic (exact) mass is 431 g/mol. The molecule has 1 N–H and O–H groups in total. The van der Waals surface area contributed by atoms with Gasteiger partial charge in [-0.3, -0.25) is 4.79 Å². The molecule has 156 valence electrons. The number of halogens is 2. The molecule has 3 rings (SSSR count). The zero-order valence-electron chi connectivity index (χ0n) is 15.8. The standard InChI is InChI=1S/C22H19F2NO4S/c23-22(24)29-20-12-5-4-8-18(20)14-25-21(26)17-9-6-7-16(13-17)15-30(27,28)19-10-2-1-3-11-19/h1-13,22H,14-15H2,(H,25,26). The molecule has 8 heteroatoms. The first-order valence-electron chi connectivity index (χ1n) is 9.03. The third-order valence-electron chi connectivity index (χ3n) is 4.28. The van der Waals surface area contributed by atoms with Crippen molar-refractivity contribution in [3.8, 4) is 5.75 Å². The third-order valence-corrected chi connectivity index (χ3v) is 5.98. The zero-order valence-corrected chi connectivity index (χ0v) is 16.6. The van der Waals surface area contributed by atoms with Crippen molar-refractivity contribution in [2.45, 2.75) is 23.8 Å². The van der Waals surface area contributed by atoms with Gasteiger partial charge in [0.05, 0.1) is 10.6 Å². The van der Waals surface area contributed by atoms with Gasteiger partial charge >= 0.3 is 6.61 Å². The average Bonchev–Trinajstić information content (AvgIpc) is 2.73. The van der Waals surface area contributed by atoms with Crippen LogP contribution in [-0.2, 0) is 22.1 Å². The molecule has 0 spiro atoms. The molecule has 0 heterocycles. The topological polar surface area (TPSA) is 72.5 Å². The van der Waals surface area contributed by atoms with Gasteiger partial charge in [0.2, 0.25) is 0 Å². The molecule has 0 bridgehead atoms. The van der Waals surface area contributed by atoms with Crippen LogP contribution in [0.15, 0.2) is 83.8 Å². The van der Waals surface area contributed by atoms with Crippen molar-refractivity contribution >= 4 is 15.7 Å². The minimum absolute atomic E-state index is 0.0181. The van der Waals surface area contributed by atoms with E-state index in [1.54, 1.807) is 54.6 Å². The van der Waals surface area contributed by atoms with Gasteiger partial charge in [0.1, 0.15) is 5.75 Å². The van der Waals surface area contributed by atoms with Crippen LogP contribution in [0.3, 0.4) is 0 Å². The van der Waals surface area contributed by atoms with Crippen LogP contribution in [0.5, 0.6) is 5.75 Å². The van der Waals surface area contributed by atoms with Gasteiger partial charge in [0.25, 0.3) is 5.91 Å². The fourth-order valence-corrected chi connectivity index (χ4v) is 4.23. The second kappa shape index (κ2) is 9.49. The molecular weight excluding hydrogens is 412 g/mol. The molecule has 0 unspecified atom stereocenters. The van der Waals surface area contributed by atoms with Crippen LogP contribution in [0, 0.1) is 0 Å². The molecule has 0 fully saturated rings. The molecule has 3 aromatic rings. The molecule has 0 aliphatic carbocycles. The van der Waals surface area contributed by atoms with E-state index in [-0.39, 0.29) is 28.5 Å². The molecule has 0 radical (unpaired) electrons. The smallest absolute Gasteiger partial charge is 0.387 e. The summed E-state index contributed by atoms with van der Waals surface area (Å²) in [7, 11) is -3.55. The summed E-state index contributed by atoms with van der Waals surface area (Å²) in [6.45, 7) is -2.99. The number of amides is 1. The predicted octanol–water partition coefficient (Wildman–Crippen LogP) is 4.19. The Morgan fingerprint density at radius 2 is 1.63 bits per heavy atom. The zero-order chi connectivity index (χ0) is 21.6. The first kappa shape index (κ1) is 21.4. The van der Waals surface area contributed by atoms with E-state index in [9.17, 15) is 22.0 Å². The van der Waals surface area contributed by atoms with Gasteiger partial charge in [0, 0.05) is 17.7 Å². The summed E-state index contributed by atoms with van der Waals surface area (Å²) in [5.41, 5.74) is 1.13. The Labute approximate surface area is 173 Å². The number of nitrogens with one attached hydrogen (secondary N) is 1. The summed E-state index contributed by atoms with van der Waals surface area (Å²) in [6, 6.07) is 20.5. The highest BCUT2D eigenvalue weighted by Crippen LogP contribution is 2.20. The molecule has 3 aromatic carbocycles. The first-order chi connectivity index (χ1) is 14.3. The van der Waals surface area contributed by atoms with Crippen LogP contribution >= 0.6 is 0 Å². The van der Waals surface area contributed by atoms with Crippen LogP contribution in [0.1, 0.15) is 21.5 Å². The van der Waals surface area contributed by atoms with Gasteiger partial charge in [-0.15, -0.1) is 0 Å². The molecule has 5 nitrogen and oxygen atoms in total. The molecule has 1 amide bonds. The SMILES string of the molecule is O=C(NCc1ccccc1OC(F)F)c1cccc(CS(=O)(=O)c2ccccc2)c1. The van der Waals surface area contributed by atoms with Crippen molar-refractivity contribution in [2.75, 3.05) is 0 Å². The molecular formula is C22H19F2NO4S. The maximum atomic E-state index is 12.5. The van der Waals surface area contributed by atoms with Crippen molar-refractivity contribution in [2.24, 2.45) is 0 Å². The van der Waals surface area contributed by atoms with Crippen molar-refractivity contribution < 1.29 is 26.7 Å². The van der Waals surface area contributed by atoms with Crippen LogP contribution < -0.4 is 10.1 Å². The van der Waals surface area contributed by atoms with E-state index in [1.807, 2.05) is 0 Å². The molecule has 0 saturated carbocycles. The first-order valence-corrected chi connectivity index (χ1v) is 10.7. The number of sulfone groups is 1. The lowest BCUT2D eigenvalue weighted by Crippen LogP contribution is -2.23. The van der Waals surface area contributed by atoms with Gasteiger partial charge in [-0.05, 0) is 35.9 Å². The fourth-order valence-electron chi connectivity index (χ4n) is 2.87. The number of hydrogen-bond acceptors (Lipinski definition) is 4. The maximum Gasteiger partial charge on any atom is 0.387 e. The lowest BCUT2D eigenvalue weighted by Gasteiger charge is -2.12. The maximum absolute atomic E-state index is 12.5. The third kappa shape index (κ3) is 5.64. The summed E-state index contributed by atoms with van der Waals surface area (Å²) in [5.74, 6) is -0.722. The molecule has 0 atom stereocenters. The number of ether oxygens (including phenoxy) is 1. The molecule has 0 saturated heterocycles. The second-order valence-electron chi connectivity index (χ2n) is 6.44. The second-order valence-corrected chi connectivity index (χ2v) is 8.43. The summed E-state index contributed by atoms with van der Waals surface area (Å²) < 4.78 is 54.6. The van der Waals surface area contributed by atoms with E-state index < -0.39 is 22.4 Å². The predicted molar refractivity (Wildman–Crippen MR) is 108 cm³/mol. The Bertz CT molecular complexity index is 1120. The lowest BCUT2D eigenvalue weighted by molar-refractivity contribution is -0.0504. The van der Waals surface area contributed by atoms with Crippen LogP contribution in [-0.4, -0.2) is 20.9 Å². The number of alkyl halides is 2. The lowest BCUT2D eigenvalue weighted by atomic mass is 10.1. The Kier molecular flexibility index (Phi) is 6.79. The van der Waals surface area contributed by atoms with E-state index in [0.29, 0.717) is 11.1 Å². The summed E-state index contributed by atoms with van der Waals surface area (Å²) in [4.78, 5) is 12.7. The van der Waals surface area contributed by atoms with Gasteiger partial charge in [0.15, 0.2) is 9.84 Å². The van der Waals surface area contributed by atoms with Gasteiger partial charge in [-0.2, -0.15) is 8.78 Å². The quantitative estimate of drug-likeness (QED) is 0.581. The summed E-state index contributed by atoms with van der Waals surface area (Å²) >= 11 is 0. The van der Waals surface area contributed by atoms with E-state index in [1.165, 1.54) is 24.3 Å². The normalized spacial score (nSPS) is 11.3. The number of carbonyl (C=O) groups is 1. The Hall–Kier alpha value is -3.26. The summed E-state index contributed by atoms with van der Waals surface area (Å²) in [5, 5.41) is 2.64. The Morgan fingerprint density at radius 1 is 0.933 bits per heavy atom. The van der Waals surface area contributed by atoms with Crippen LogP contribution in [0.2, 0.25) is 0 Å². The number of benzene rings is 3. The van der Waals surface area contributed by atoms with Gasteiger partial charge in [-0.1, -0.05) is 48.5 Å². The molecule has 0 aliphatic rings. The highest BCUT2D eigenvalue weighted by Gasteiger charge is 2.16. The number of rotatable bonds is 8. The van der Waals surface area contributed by atoms with E-state index >= 15 is 0 Å². The highest BCUT2D eigenvalue weighted by atomic mass is 32.2. The Balaban J connectivity index is 1.70. The minimum atomic E-state index is -3.55. The molecule has 0 aliphatic heterocycles. The van der Waals surface area contributed by atoms with Gasteiger partial charge < -0.3 is 10.1 Å². The number of para-hydroxylation sites is 1. The highest BCUT2D eigenvalue weighted by molar-refractivity contribution is 7.90. The summed E-state index contributed by atoms with van der Waals surface area (Å²) in [6.07, 6.45) is 0. The van der Waals surface area contributed by atoms with E-state index in [0.717, 1.165) is 0 Å². The van der Waals surface area contributed by atoms with Crippen LogP contribution in [0.4, 0.5) is 8.78 Å². The number of hydrogen-bond donors (Lipinski definition) is 1. The van der Waals surface area contributed by atoms with E-state index in [4.69, 9.17) is 0 Å². The van der Waals surface area contributed by atoms with Crippen LogP contribution in [0.25, 0.3) is 0 Å². The molecule has 30 heavy (non-hydrogen) atoms. The van der Waals surface area contributed by atoms with Crippen molar-refractivity contribution in [3.05, 3.63) is 95.6 Å². The van der Waals surface area contributed by atoms with Crippen molar-refractivity contribution in [1.29, 1.82) is 0 Å².